The summed E-state index contributed by atoms with van der Waals surface area (Å²) in [7, 11) is 2.04. The van der Waals surface area contributed by atoms with Gasteiger partial charge in [-0.25, -0.2) is 0 Å². The van der Waals surface area contributed by atoms with Crippen LogP contribution in [0.4, 0.5) is 0 Å². The number of carbonyl (C=O) groups excluding carboxylic acids is 4. The van der Waals surface area contributed by atoms with Crippen LogP contribution in [-0.2, 0) is 20.9 Å². The first-order chi connectivity index (χ1) is 22.1. The number of aromatic nitrogens is 2. The summed E-state index contributed by atoms with van der Waals surface area (Å²) in [6.45, 7) is 10.9. The molecule has 11 nitrogen and oxygen atoms in total. The highest BCUT2D eigenvalue weighted by molar-refractivity contribution is 5.96. The van der Waals surface area contributed by atoms with Crippen molar-refractivity contribution in [3.8, 4) is 0 Å². The summed E-state index contributed by atoms with van der Waals surface area (Å²) in [6.07, 6.45) is 8.11. The molecule has 1 saturated heterocycles. The zero-order valence-corrected chi connectivity index (χ0v) is 28.3. The van der Waals surface area contributed by atoms with Crippen molar-refractivity contribution in [1.29, 1.82) is 0 Å². The van der Waals surface area contributed by atoms with E-state index in [9.17, 15) is 19.2 Å². The summed E-state index contributed by atoms with van der Waals surface area (Å²) in [5.74, 6) is -0.846. The minimum atomic E-state index is -0.655. The first kappa shape index (κ1) is 35.1. The second kappa shape index (κ2) is 16.7. The van der Waals surface area contributed by atoms with Gasteiger partial charge >= 0.3 is 0 Å². The Balaban J connectivity index is 1.43. The first-order valence-electron chi connectivity index (χ1n) is 17.1. The lowest BCUT2D eigenvalue weighted by molar-refractivity contribution is -0.138. The molecule has 1 aromatic carbocycles. The van der Waals surface area contributed by atoms with Gasteiger partial charge in [0, 0.05) is 57.3 Å². The zero-order chi connectivity index (χ0) is 33.2. The van der Waals surface area contributed by atoms with Gasteiger partial charge in [0.15, 0.2) is 0 Å². The Morgan fingerprint density at radius 1 is 0.891 bits per heavy atom. The Hall–Kier alpha value is -3.73. The molecule has 2 aromatic rings. The molecule has 0 bridgehead atoms. The number of amides is 4. The second-order valence-electron chi connectivity index (χ2n) is 13.2. The molecule has 1 saturated carbocycles. The van der Waals surface area contributed by atoms with Gasteiger partial charge < -0.3 is 25.8 Å². The monoisotopic (exact) mass is 635 g/mol. The van der Waals surface area contributed by atoms with E-state index in [1.807, 2.05) is 57.0 Å². The predicted octanol–water partition coefficient (Wildman–Crippen LogP) is 3.62. The van der Waals surface area contributed by atoms with Crippen LogP contribution < -0.4 is 16.0 Å². The Morgan fingerprint density at radius 3 is 2.15 bits per heavy atom. The highest BCUT2D eigenvalue weighted by Gasteiger charge is 2.33. The van der Waals surface area contributed by atoms with Gasteiger partial charge in [0.2, 0.25) is 17.7 Å². The number of rotatable bonds is 12. The molecule has 2 heterocycles. The van der Waals surface area contributed by atoms with Crippen molar-refractivity contribution in [2.45, 2.75) is 103 Å². The molecule has 4 amide bonds. The number of carbonyl (C=O) groups is 4. The van der Waals surface area contributed by atoms with Crippen LogP contribution in [0, 0.1) is 5.92 Å². The van der Waals surface area contributed by atoms with E-state index in [0.29, 0.717) is 31.7 Å². The molecule has 3 atom stereocenters. The Morgan fingerprint density at radius 2 is 1.54 bits per heavy atom. The maximum atomic E-state index is 13.7. The van der Waals surface area contributed by atoms with Crippen LogP contribution in [0.15, 0.2) is 36.5 Å². The number of nitrogens with zero attached hydrogens (tertiary/aromatic N) is 4. The van der Waals surface area contributed by atoms with Crippen molar-refractivity contribution in [3.63, 3.8) is 0 Å². The fourth-order valence-electron chi connectivity index (χ4n) is 6.49. The quantitative estimate of drug-likeness (QED) is 0.306. The maximum absolute atomic E-state index is 13.7. The number of hydrogen-bond donors (Lipinski definition) is 3. The highest BCUT2D eigenvalue weighted by Crippen LogP contribution is 2.27. The minimum absolute atomic E-state index is 0.0229. The highest BCUT2D eigenvalue weighted by atomic mass is 16.2. The molecular formula is C35H53N7O4. The van der Waals surface area contributed by atoms with Crippen molar-refractivity contribution in [2.24, 2.45) is 5.92 Å². The average Bonchev–Trinajstić information content (AvgIpc) is 3.41. The van der Waals surface area contributed by atoms with E-state index in [1.54, 1.807) is 23.9 Å². The number of likely N-dealkylation sites (N-methyl/N-ethyl adjacent to an activating group) is 1. The van der Waals surface area contributed by atoms with Crippen LogP contribution in [-0.4, -0.2) is 88.5 Å². The summed E-state index contributed by atoms with van der Waals surface area (Å²) >= 11 is 0. The van der Waals surface area contributed by atoms with Gasteiger partial charge in [-0.05, 0) is 56.8 Å². The van der Waals surface area contributed by atoms with Crippen molar-refractivity contribution >= 4 is 23.6 Å². The summed E-state index contributed by atoms with van der Waals surface area (Å²) in [4.78, 5) is 57.0. The molecule has 1 aromatic heterocycles. The molecule has 1 aliphatic heterocycles. The lowest BCUT2D eigenvalue weighted by Crippen LogP contribution is -2.55. The van der Waals surface area contributed by atoms with Gasteiger partial charge in [0.1, 0.15) is 17.8 Å². The number of benzene rings is 1. The third-order valence-corrected chi connectivity index (χ3v) is 9.52. The molecule has 2 fully saturated rings. The molecule has 0 radical (unpaired) electrons. The molecule has 4 rings (SSSR count). The van der Waals surface area contributed by atoms with E-state index in [-0.39, 0.29) is 41.5 Å². The van der Waals surface area contributed by atoms with Crippen LogP contribution in [0.1, 0.15) is 106 Å². The molecule has 1 aliphatic carbocycles. The average molecular weight is 636 g/mol. The van der Waals surface area contributed by atoms with Crippen LogP contribution >= 0.6 is 0 Å². The van der Waals surface area contributed by atoms with Crippen molar-refractivity contribution < 1.29 is 19.2 Å². The Bertz CT molecular complexity index is 1310. The van der Waals surface area contributed by atoms with Crippen molar-refractivity contribution in [2.75, 3.05) is 33.2 Å². The van der Waals surface area contributed by atoms with Crippen LogP contribution in [0.5, 0.6) is 0 Å². The van der Waals surface area contributed by atoms with Gasteiger partial charge in [-0.1, -0.05) is 63.8 Å². The number of piperazine rings is 1. The Kier molecular flexibility index (Phi) is 12.8. The summed E-state index contributed by atoms with van der Waals surface area (Å²) in [6, 6.07) is 8.25. The molecular weight excluding hydrogens is 582 g/mol. The minimum Gasteiger partial charge on any atom is -0.350 e. The molecule has 46 heavy (non-hydrogen) atoms. The smallest absolute Gasteiger partial charge is 0.270 e. The largest absolute Gasteiger partial charge is 0.350 e. The van der Waals surface area contributed by atoms with Gasteiger partial charge in [-0.2, -0.15) is 5.10 Å². The second-order valence-corrected chi connectivity index (χ2v) is 13.2. The summed E-state index contributed by atoms with van der Waals surface area (Å²) in [5.41, 5.74) is 2.29. The Labute approximate surface area is 273 Å². The van der Waals surface area contributed by atoms with Crippen molar-refractivity contribution in [1.82, 2.24) is 35.5 Å². The summed E-state index contributed by atoms with van der Waals surface area (Å²) < 4.78 is 1.68. The fourth-order valence-corrected chi connectivity index (χ4v) is 6.49. The molecule has 252 valence electrons. The lowest BCUT2D eigenvalue weighted by Gasteiger charge is -2.36. The van der Waals surface area contributed by atoms with Gasteiger partial charge in [0.05, 0.1) is 0 Å². The molecule has 3 N–H and O–H groups in total. The van der Waals surface area contributed by atoms with Crippen molar-refractivity contribution in [3.05, 3.63) is 53.3 Å². The maximum Gasteiger partial charge on any atom is 0.270 e. The number of hydrogen-bond acceptors (Lipinski definition) is 6. The SMILES string of the molecule is CCC(=O)N[C@@H](C(=O)N1CCN(C)CC1)[C@@H](C)c1ccc(CNC(=O)[C@@H](NC(=O)c2ccnn2C(C)C)C2CCCCCC2)cc1. The van der Waals surface area contributed by atoms with Gasteiger partial charge in [-0.3, -0.25) is 23.9 Å². The van der Waals surface area contributed by atoms with E-state index in [1.165, 1.54) is 0 Å². The van der Waals surface area contributed by atoms with Crippen LogP contribution in [0.25, 0.3) is 0 Å². The third kappa shape index (κ3) is 9.18. The topological polar surface area (TPSA) is 129 Å². The van der Waals surface area contributed by atoms with Crippen LogP contribution in [0.2, 0.25) is 0 Å². The predicted molar refractivity (Wildman–Crippen MR) is 178 cm³/mol. The fraction of sp³-hybridized carbons (Fsp3) is 0.629. The third-order valence-electron chi connectivity index (χ3n) is 9.52. The first-order valence-corrected chi connectivity index (χ1v) is 17.1. The van der Waals surface area contributed by atoms with Gasteiger partial charge in [0.25, 0.3) is 5.91 Å². The van der Waals surface area contributed by atoms with Crippen LogP contribution in [0.3, 0.4) is 0 Å². The standard InChI is InChI=1S/C35H53N7O4/c1-6-30(43)38-31(35(46)41-21-19-40(5)20-22-41)25(4)27-15-13-26(14-16-27)23-36-34(45)32(28-11-9-7-8-10-12-28)39-33(44)29-17-18-37-42(29)24(2)3/h13-18,24-25,28,31-32H,6-12,19-23H2,1-5H3,(H,36,45)(H,38,43)(H,39,44)/t25-,31+,32-/m0/s1. The van der Waals surface area contributed by atoms with E-state index in [2.05, 4.69) is 25.9 Å². The zero-order valence-electron chi connectivity index (χ0n) is 28.3. The van der Waals surface area contributed by atoms with E-state index >= 15 is 0 Å². The molecule has 11 heteroatoms. The van der Waals surface area contributed by atoms with E-state index < -0.39 is 12.1 Å². The number of nitrogens with one attached hydrogen (secondary N) is 3. The van der Waals surface area contributed by atoms with E-state index in [4.69, 9.17) is 0 Å². The summed E-state index contributed by atoms with van der Waals surface area (Å²) in [5, 5.41) is 13.4. The molecule has 0 unspecified atom stereocenters. The molecule has 2 aliphatic rings. The van der Waals surface area contributed by atoms with Gasteiger partial charge in [-0.15, -0.1) is 0 Å². The molecule has 0 spiro atoms. The normalized spacial score (nSPS) is 18.3. The van der Waals surface area contributed by atoms with E-state index in [0.717, 1.165) is 62.7 Å². The lowest BCUT2D eigenvalue weighted by atomic mass is 9.90.